The Kier molecular flexibility index (Phi) is 4.41. The van der Waals surface area contributed by atoms with Gasteiger partial charge in [-0.15, -0.1) is 0 Å². The molecule has 0 bridgehead atoms. The van der Waals surface area contributed by atoms with Crippen LogP contribution in [0.25, 0.3) is 16.7 Å². The lowest BCUT2D eigenvalue weighted by atomic mass is 10.1. The number of aliphatic hydroxyl groups excluding tert-OH is 3. The summed E-state index contributed by atoms with van der Waals surface area (Å²) >= 11 is 0. The van der Waals surface area contributed by atoms with Crippen LogP contribution in [0.5, 0.6) is 0 Å². The van der Waals surface area contributed by atoms with Crippen LogP contribution < -0.4 is 5.32 Å². The predicted octanol–water partition coefficient (Wildman–Crippen LogP) is -1.48. The maximum absolute atomic E-state index is 10.1. The molecule has 2 aromatic rings. The molecule has 2 aromatic heterocycles. The van der Waals surface area contributed by atoms with E-state index >= 15 is 0 Å². The number of allylic oxidation sites excluding steroid dienone is 1. The Bertz CT molecular complexity index is 813. The van der Waals surface area contributed by atoms with Crippen LogP contribution in [0.1, 0.15) is 11.9 Å². The normalized spacial score (nSPS) is 27.4. The summed E-state index contributed by atoms with van der Waals surface area (Å²) in [6.07, 6.45) is -0.173. The van der Waals surface area contributed by atoms with Crippen molar-refractivity contribution in [3.05, 3.63) is 24.5 Å². The van der Waals surface area contributed by atoms with E-state index in [9.17, 15) is 20.6 Å². The number of ether oxygens (including phenoxy) is 1. The average Bonchev–Trinajstić information content (AvgIpc) is 3.14. The van der Waals surface area contributed by atoms with Gasteiger partial charge >= 0.3 is 0 Å². The summed E-state index contributed by atoms with van der Waals surface area (Å²) in [6.45, 7) is -0.426. The minimum atomic E-state index is -1.25. The van der Waals surface area contributed by atoms with Crippen LogP contribution in [0.3, 0.4) is 0 Å². The maximum atomic E-state index is 10.1. The van der Waals surface area contributed by atoms with Crippen molar-refractivity contribution in [1.82, 2.24) is 24.8 Å². The standard InChI is InChI=1S/C14H16N6O4/c1-16-3-7(2-15)9-10-13(18-5-17-9)20(6-19-10)14-12(23)11(22)8(4-21)24-14/h3,5-6,8,11-12,14,16,21-23H,4H2,1H3/b7-3-/t8-,11-,12-,14-/m1/s1. The third kappa shape index (κ3) is 2.49. The number of nitrogens with one attached hydrogen (secondary N) is 1. The van der Waals surface area contributed by atoms with Gasteiger partial charge in [-0.3, -0.25) is 4.57 Å². The van der Waals surface area contributed by atoms with Gasteiger partial charge in [0.05, 0.1) is 18.5 Å². The van der Waals surface area contributed by atoms with E-state index in [0.29, 0.717) is 16.9 Å². The summed E-state index contributed by atoms with van der Waals surface area (Å²) in [5, 5.41) is 41.2. The lowest BCUT2D eigenvalue weighted by Gasteiger charge is -2.16. The molecule has 10 heteroatoms. The fraction of sp³-hybridized carbons (Fsp3) is 0.429. The van der Waals surface area contributed by atoms with Crippen molar-refractivity contribution in [3.8, 4) is 6.07 Å². The molecule has 1 aliphatic rings. The first-order chi connectivity index (χ1) is 11.6. The molecule has 0 aliphatic carbocycles. The molecule has 0 spiro atoms. The zero-order valence-electron chi connectivity index (χ0n) is 12.7. The van der Waals surface area contributed by atoms with Crippen LogP contribution in [0.2, 0.25) is 0 Å². The number of imidazole rings is 1. The summed E-state index contributed by atoms with van der Waals surface area (Å²) < 4.78 is 6.93. The van der Waals surface area contributed by atoms with Crippen molar-refractivity contribution in [3.63, 3.8) is 0 Å². The van der Waals surface area contributed by atoms with E-state index in [4.69, 9.17) is 4.74 Å². The molecule has 0 amide bonds. The molecule has 10 nitrogen and oxygen atoms in total. The molecule has 24 heavy (non-hydrogen) atoms. The quantitative estimate of drug-likeness (QED) is 0.492. The zero-order valence-corrected chi connectivity index (χ0v) is 12.7. The van der Waals surface area contributed by atoms with Gasteiger partial charge in [0.15, 0.2) is 11.9 Å². The van der Waals surface area contributed by atoms with Crippen LogP contribution in [-0.4, -0.2) is 66.8 Å². The van der Waals surface area contributed by atoms with Crippen molar-refractivity contribution in [2.24, 2.45) is 0 Å². The smallest absolute Gasteiger partial charge is 0.166 e. The van der Waals surface area contributed by atoms with E-state index in [1.165, 1.54) is 23.4 Å². The third-order valence-corrected chi connectivity index (χ3v) is 3.81. The van der Waals surface area contributed by atoms with Crippen molar-refractivity contribution < 1.29 is 20.1 Å². The Morgan fingerprint density at radius 2 is 2.21 bits per heavy atom. The van der Waals surface area contributed by atoms with Gasteiger partial charge in [0, 0.05) is 13.2 Å². The highest BCUT2D eigenvalue weighted by Crippen LogP contribution is 2.32. The van der Waals surface area contributed by atoms with E-state index in [1.54, 1.807) is 7.05 Å². The second-order valence-corrected chi connectivity index (χ2v) is 5.23. The van der Waals surface area contributed by atoms with Crippen LogP contribution in [-0.2, 0) is 4.74 Å². The number of hydrogen-bond acceptors (Lipinski definition) is 9. The molecular formula is C14H16N6O4. The molecule has 4 atom stereocenters. The van der Waals surface area contributed by atoms with Gasteiger partial charge in [-0.25, -0.2) is 15.0 Å². The minimum Gasteiger partial charge on any atom is -0.394 e. The molecule has 3 rings (SSSR count). The van der Waals surface area contributed by atoms with Crippen LogP contribution in [0, 0.1) is 11.3 Å². The van der Waals surface area contributed by atoms with E-state index < -0.39 is 31.1 Å². The molecule has 1 fully saturated rings. The molecule has 3 heterocycles. The highest BCUT2D eigenvalue weighted by Gasteiger charge is 2.44. The van der Waals surface area contributed by atoms with Crippen molar-refractivity contribution in [2.45, 2.75) is 24.5 Å². The second-order valence-electron chi connectivity index (χ2n) is 5.23. The Hall–Kier alpha value is -2.58. The summed E-state index contributed by atoms with van der Waals surface area (Å²) in [5.74, 6) is 0. The van der Waals surface area contributed by atoms with Gasteiger partial charge in [0.25, 0.3) is 0 Å². The second kappa shape index (κ2) is 6.50. The number of aromatic nitrogens is 4. The summed E-state index contributed by atoms with van der Waals surface area (Å²) in [4.78, 5) is 12.4. The molecule has 126 valence electrons. The first kappa shape index (κ1) is 16.3. The molecule has 0 unspecified atom stereocenters. The summed E-state index contributed by atoms with van der Waals surface area (Å²) in [5.41, 5.74) is 1.31. The number of hydrogen-bond donors (Lipinski definition) is 4. The van der Waals surface area contributed by atoms with Gasteiger partial charge in [-0.2, -0.15) is 5.26 Å². The number of nitrogens with zero attached hydrogens (tertiary/aromatic N) is 5. The first-order valence-electron chi connectivity index (χ1n) is 7.20. The van der Waals surface area contributed by atoms with Crippen LogP contribution >= 0.6 is 0 Å². The van der Waals surface area contributed by atoms with Crippen LogP contribution in [0.4, 0.5) is 0 Å². The van der Waals surface area contributed by atoms with Gasteiger partial charge in [-0.05, 0) is 0 Å². The molecule has 1 aliphatic heterocycles. The highest BCUT2D eigenvalue weighted by atomic mass is 16.6. The molecule has 1 saturated heterocycles. The molecule has 0 aromatic carbocycles. The zero-order chi connectivity index (χ0) is 17.3. The Morgan fingerprint density at radius 3 is 2.83 bits per heavy atom. The van der Waals surface area contributed by atoms with E-state index in [1.807, 2.05) is 6.07 Å². The molecule has 0 radical (unpaired) electrons. The maximum Gasteiger partial charge on any atom is 0.166 e. The topological polar surface area (TPSA) is 149 Å². The molecular weight excluding hydrogens is 316 g/mol. The monoisotopic (exact) mass is 332 g/mol. The van der Waals surface area contributed by atoms with Crippen molar-refractivity contribution in [1.29, 1.82) is 5.26 Å². The van der Waals surface area contributed by atoms with Gasteiger partial charge in [0.1, 0.15) is 41.9 Å². The molecule has 0 saturated carbocycles. The third-order valence-electron chi connectivity index (χ3n) is 3.81. The Balaban J connectivity index is 2.07. The van der Waals surface area contributed by atoms with Gasteiger partial charge in [0.2, 0.25) is 0 Å². The fourth-order valence-corrected chi connectivity index (χ4v) is 2.64. The van der Waals surface area contributed by atoms with Crippen LogP contribution in [0.15, 0.2) is 18.9 Å². The SMILES string of the molecule is CN/C=C(/C#N)c1ncnc2c1ncn2[C@@H]1O[C@H](CO)[C@@H](O)[C@H]1O. The predicted molar refractivity (Wildman–Crippen MR) is 81.0 cm³/mol. The average molecular weight is 332 g/mol. The van der Waals surface area contributed by atoms with E-state index in [0.717, 1.165) is 0 Å². The number of nitriles is 1. The number of rotatable bonds is 4. The van der Waals surface area contributed by atoms with Crippen molar-refractivity contribution >= 4 is 16.7 Å². The highest BCUT2D eigenvalue weighted by molar-refractivity contribution is 5.89. The summed E-state index contributed by atoms with van der Waals surface area (Å²) in [6, 6.07) is 2.03. The van der Waals surface area contributed by atoms with Gasteiger partial charge in [-0.1, -0.05) is 0 Å². The van der Waals surface area contributed by atoms with Crippen molar-refractivity contribution in [2.75, 3.05) is 13.7 Å². The van der Waals surface area contributed by atoms with Gasteiger partial charge < -0.3 is 25.4 Å². The largest absolute Gasteiger partial charge is 0.394 e. The lowest BCUT2D eigenvalue weighted by molar-refractivity contribution is -0.0511. The van der Waals surface area contributed by atoms with E-state index in [-0.39, 0.29) is 5.57 Å². The lowest BCUT2D eigenvalue weighted by Crippen LogP contribution is -2.33. The summed E-state index contributed by atoms with van der Waals surface area (Å²) in [7, 11) is 1.66. The number of aliphatic hydroxyl groups is 3. The fourth-order valence-electron chi connectivity index (χ4n) is 2.64. The Labute approximate surface area is 136 Å². The number of fused-ring (bicyclic) bond motifs is 1. The van der Waals surface area contributed by atoms with E-state index in [2.05, 4.69) is 20.3 Å². The Morgan fingerprint density at radius 1 is 1.42 bits per heavy atom. The molecule has 4 N–H and O–H groups in total. The first-order valence-corrected chi connectivity index (χ1v) is 7.20. The minimum absolute atomic E-state index is 0.274.